The van der Waals surface area contributed by atoms with Gasteiger partial charge in [0, 0.05) is 29.7 Å². The number of nitrogens with one attached hydrogen (secondary N) is 2. The van der Waals surface area contributed by atoms with Crippen LogP contribution in [-0.4, -0.2) is 28.5 Å². The van der Waals surface area contributed by atoms with Crippen LogP contribution in [0.5, 0.6) is 0 Å². The average molecular weight is 387 g/mol. The maximum absolute atomic E-state index is 12.6. The Labute approximate surface area is 161 Å². The van der Waals surface area contributed by atoms with Gasteiger partial charge in [-0.3, -0.25) is 19.7 Å². The molecule has 0 saturated heterocycles. The first-order valence-electron chi connectivity index (χ1n) is 8.36. The molecule has 2 unspecified atom stereocenters. The Hall–Kier alpha value is -2.87. The van der Waals surface area contributed by atoms with E-state index in [9.17, 15) is 19.7 Å². The third-order valence-electron chi connectivity index (χ3n) is 3.80. The van der Waals surface area contributed by atoms with Crippen molar-refractivity contribution in [2.75, 3.05) is 5.75 Å². The van der Waals surface area contributed by atoms with Crippen molar-refractivity contribution in [2.45, 2.75) is 30.8 Å². The van der Waals surface area contributed by atoms with Crippen LogP contribution in [0, 0.1) is 10.1 Å². The van der Waals surface area contributed by atoms with Gasteiger partial charge in [-0.25, -0.2) is 0 Å². The second-order valence-electron chi connectivity index (χ2n) is 5.96. The van der Waals surface area contributed by atoms with Crippen molar-refractivity contribution in [1.29, 1.82) is 0 Å². The van der Waals surface area contributed by atoms with E-state index in [1.807, 2.05) is 37.3 Å². The van der Waals surface area contributed by atoms with Crippen LogP contribution in [0.3, 0.4) is 0 Å². The van der Waals surface area contributed by atoms with Gasteiger partial charge >= 0.3 is 0 Å². The van der Waals surface area contributed by atoms with E-state index in [-0.39, 0.29) is 29.3 Å². The Balaban J connectivity index is 2.03. The van der Waals surface area contributed by atoms with Crippen molar-refractivity contribution in [3.05, 3.63) is 70.3 Å². The highest BCUT2D eigenvalue weighted by Gasteiger charge is 2.22. The van der Waals surface area contributed by atoms with Gasteiger partial charge in [0.05, 0.1) is 11.0 Å². The minimum Gasteiger partial charge on any atom is -0.348 e. The Bertz CT molecular complexity index is 814. The molecule has 142 valence electrons. The number of non-ortho nitro benzene ring substituents is 1. The maximum Gasteiger partial charge on any atom is 0.270 e. The monoisotopic (exact) mass is 387 g/mol. The van der Waals surface area contributed by atoms with E-state index in [2.05, 4.69) is 10.6 Å². The van der Waals surface area contributed by atoms with Crippen LogP contribution in [0.25, 0.3) is 0 Å². The quantitative estimate of drug-likeness (QED) is 0.412. The molecular weight excluding hydrogens is 366 g/mol. The van der Waals surface area contributed by atoms with E-state index in [0.29, 0.717) is 4.90 Å². The van der Waals surface area contributed by atoms with E-state index in [0.717, 1.165) is 5.56 Å². The van der Waals surface area contributed by atoms with Crippen LogP contribution in [-0.2, 0) is 9.59 Å². The van der Waals surface area contributed by atoms with Gasteiger partial charge in [-0.1, -0.05) is 36.4 Å². The molecule has 8 heteroatoms. The molecule has 0 aromatic heterocycles. The van der Waals surface area contributed by atoms with Crippen molar-refractivity contribution >= 4 is 29.3 Å². The molecule has 2 N–H and O–H groups in total. The van der Waals surface area contributed by atoms with Gasteiger partial charge < -0.3 is 10.6 Å². The zero-order chi connectivity index (χ0) is 19.8. The van der Waals surface area contributed by atoms with E-state index >= 15 is 0 Å². The van der Waals surface area contributed by atoms with Gasteiger partial charge in [-0.2, -0.15) is 0 Å². The normalized spacial score (nSPS) is 12.7. The molecule has 0 fully saturated rings. The number of nitro groups is 1. The zero-order valence-electron chi connectivity index (χ0n) is 15.0. The highest BCUT2D eigenvalue weighted by atomic mass is 32.2. The molecule has 2 rings (SSSR count). The summed E-state index contributed by atoms with van der Waals surface area (Å²) in [7, 11) is 0. The fourth-order valence-electron chi connectivity index (χ4n) is 2.43. The van der Waals surface area contributed by atoms with Gasteiger partial charge in [0.2, 0.25) is 11.8 Å². The summed E-state index contributed by atoms with van der Waals surface area (Å²) in [6, 6.07) is 14.7. The lowest BCUT2D eigenvalue weighted by Gasteiger charge is -2.21. The molecule has 0 spiro atoms. The van der Waals surface area contributed by atoms with Crippen molar-refractivity contribution in [2.24, 2.45) is 0 Å². The van der Waals surface area contributed by atoms with Crippen LogP contribution < -0.4 is 10.6 Å². The summed E-state index contributed by atoms with van der Waals surface area (Å²) in [5.74, 6) is -0.365. The van der Waals surface area contributed by atoms with E-state index in [1.54, 1.807) is 12.1 Å². The summed E-state index contributed by atoms with van der Waals surface area (Å²) >= 11 is 1.27. The molecule has 2 aromatic carbocycles. The number of hydrogen-bond acceptors (Lipinski definition) is 5. The lowest BCUT2D eigenvalue weighted by atomic mass is 10.1. The summed E-state index contributed by atoms with van der Waals surface area (Å²) in [4.78, 5) is 35.2. The molecule has 2 aromatic rings. The van der Waals surface area contributed by atoms with E-state index in [4.69, 9.17) is 0 Å². The predicted octanol–water partition coefficient (Wildman–Crippen LogP) is 3.07. The molecular formula is C19H21N3O4S. The van der Waals surface area contributed by atoms with Gasteiger partial charge in [-0.05, 0) is 18.6 Å². The largest absolute Gasteiger partial charge is 0.348 e. The predicted molar refractivity (Wildman–Crippen MR) is 104 cm³/mol. The number of hydrogen-bond donors (Lipinski definition) is 2. The molecule has 0 heterocycles. The van der Waals surface area contributed by atoms with Crippen molar-refractivity contribution in [3.63, 3.8) is 0 Å². The number of carbonyl (C=O) groups excluding carboxylic acids is 2. The van der Waals surface area contributed by atoms with Crippen molar-refractivity contribution in [3.8, 4) is 0 Å². The first kappa shape index (κ1) is 20.4. The number of carbonyl (C=O) groups is 2. The summed E-state index contributed by atoms with van der Waals surface area (Å²) in [5, 5.41) is 16.4. The average Bonchev–Trinajstić information content (AvgIpc) is 2.65. The third-order valence-corrected chi connectivity index (χ3v) is 4.88. The second-order valence-corrected chi connectivity index (χ2v) is 7.05. The molecule has 2 atom stereocenters. The van der Waals surface area contributed by atoms with Gasteiger partial charge in [0.1, 0.15) is 6.04 Å². The van der Waals surface area contributed by atoms with Crippen LogP contribution in [0.1, 0.15) is 25.5 Å². The molecule has 7 nitrogen and oxygen atoms in total. The Morgan fingerprint density at radius 2 is 1.81 bits per heavy atom. The SMILES string of the molecule is CC(=O)NC(CSc1cccc([N+](=O)[O-])c1)C(=O)NC(C)c1ccccc1. The number of benzene rings is 2. The van der Waals surface area contributed by atoms with Crippen LogP contribution in [0.4, 0.5) is 5.69 Å². The standard InChI is InChI=1S/C19H21N3O4S/c1-13(15-7-4-3-5-8-15)20-19(24)18(21-14(2)23)12-27-17-10-6-9-16(11-17)22(25)26/h3-11,13,18H,12H2,1-2H3,(H,20,24)(H,21,23). The smallest absolute Gasteiger partial charge is 0.270 e. The lowest BCUT2D eigenvalue weighted by Crippen LogP contribution is -2.48. The minimum atomic E-state index is -0.752. The van der Waals surface area contributed by atoms with E-state index < -0.39 is 11.0 Å². The summed E-state index contributed by atoms with van der Waals surface area (Å²) in [5.41, 5.74) is 0.942. The number of amides is 2. The van der Waals surface area contributed by atoms with Gasteiger partial charge in [0.15, 0.2) is 0 Å². The molecule has 27 heavy (non-hydrogen) atoms. The molecule has 0 aliphatic heterocycles. The topological polar surface area (TPSA) is 101 Å². The Morgan fingerprint density at radius 1 is 1.11 bits per heavy atom. The highest BCUT2D eigenvalue weighted by molar-refractivity contribution is 7.99. The number of nitro benzene ring substituents is 1. The van der Waals surface area contributed by atoms with Gasteiger partial charge in [0.25, 0.3) is 5.69 Å². The van der Waals surface area contributed by atoms with Crippen molar-refractivity contribution in [1.82, 2.24) is 10.6 Å². The summed E-state index contributed by atoms with van der Waals surface area (Å²) in [6.45, 7) is 3.21. The maximum atomic E-state index is 12.6. The Morgan fingerprint density at radius 3 is 2.44 bits per heavy atom. The first-order valence-corrected chi connectivity index (χ1v) is 9.35. The number of rotatable bonds is 8. The van der Waals surface area contributed by atoms with Gasteiger partial charge in [-0.15, -0.1) is 11.8 Å². The summed E-state index contributed by atoms with van der Waals surface area (Å²) in [6.07, 6.45) is 0. The number of nitrogens with zero attached hydrogens (tertiary/aromatic N) is 1. The van der Waals surface area contributed by atoms with E-state index in [1.165, 1.54) is 30.8 Å². The minimum absolute atomic E-state index is 0.0155. The second kappa shape index (κ2) is 9.72. The highest BCUT2D eigenvalue weighted by Crippen LogP contribution is 2.23. The van der Waals surface area contributed by atoms with Crippen LogP contribution >= 0.6 is 11.8 Å². The molecule has 0 aliphatic rings. The fourth-order valence-corrected chi connectivity index (χ4v) is 3.41. The molecule has 0 saturated carbocycles. The molecule has 2 amide bonds. The molecule has 0 aliphatic carbocycles. The summed E-state index contributed by atoms with van der Waals surface area (Å²) < 4.78 is 0. The molecule has 0 radical (unpaired) electrons. The molecule has 0 bridgehead atoms. The fraction of sp³-hybridized carbons (Fsp3) is 0.263. The third kappa shape index (κ3) is 6.41. The first-order chi connectivity index (χ1) is 12.9. The van der Waals surface area contributed by atoms with Crippen LogP contribution in [0.2, 0.25) is 0 Å². The zero-order valence-corrected chi connectivity index (χ0v) is 15.9. The lowest BCUT2D eigenvalue weighted by molar-refractivity contribution is -0.385. The van der Waals surface area contributed by atoms with Crippen LogP contribution in [0.15, 0.2) is 59.5 Å². The van der Waals surface area contributed by atoms with Crippen molar-refractivity contribution < 1.29 is 14.5 Å². The Kier molecular flexibility index (Phi) is 7.36. The number of thioether (sulfide) groups is 1.